The second-order valence-corrected chi connectivity index (χ2v) is 10.7. The van der Waals surface area contributed by atoms with Gasteiger partial charge >= 0.3 is 6.11 Å². The van der Waals surface area contributed by atoms with Gasteiger partial charge < -0.3 is 4.74 Å². The van der Waals surface area contributed by atoms with Gasteiger partial charge in [-0.05, 0) is 90.4 Å². The lowest BCUT2D eigenvalue weighted by Gasteiger charge is -2.25. The van der Waals surface area contributed by atoms with Gasteiger partial charge in [-0.2, -0.15) is 8.78 Å². The molecule has 1 saturated carbocycles. The smallest absolute Gasteiger partial charge is 0.429 e. The molecule has 2 bridgehead atoms. The quantitative estimate of drug-likeness (QED) is 0.120. The first-order valence-corrected chi connectivity index (χ1v) is 13.0. The lowest BCUT2D eigenvalue weighted by atomic mass is 9.79. The van der Waals surface area contributed by atoms with Gasteiger partial charge in [-0.25, -0.2) is 35.1 Å². The van der Waals surface area contributed by atoms with E-state index in [1.807, 2.05) is 12.2 Å². The molecule has 0 radical (unpaired) electrons. The molecule has 1 nitrogen and oxygen atoms in total. The summed E-state index contributed by atoms with van der Waals surface area (Å²) in [6, 6.07) is 5.65. The molecule has 6 rings (SSSR count). The van der Waals surface area contributed by atoms with E-state index < -0.39 is 91.6 Å². The summed E-state index contributed by atoms with van der Waals surface area (Å²) in [5.41, 5.74) is -4.53. The second kappa shape index (κ2) is 10.2. The minimum absolute atomic E-state index is 0.309. The van der Waals surface area contributed by atoms with Crippen molar-refractivity contribution >= 4 is 0 Å². The van der Waals surface area contributed by atoms with Crippen molar-refractivity contribution in [3.05, 3.63) is 124 Å². The number of halogens is 10. The first-order valence-electron chi connectivity index (χ1n) is 13.0. The number of benzene rings is 4. The molecule has 0 N–H and O–H groups in total. The highest BCUT2D eigenvalue weighted by atomic mass is 19.3. The molecule has 2 aliphatic carbocycles. The third-order valence-corrected chi connectivity index (χ3v) is 8.00. The van der Waals surface area contributed by atoms with Crippen LogP contribution >= 0.6 is 0 Å². The van der Waals surface area contributed by atoms with Gasteiger partial charge in [0.05, 0.1) is 5.56 Å². The average Bonchev–Trinajstić information content (AvgIpc) is 3.53. The maximum atomic E-state index is 15.1. The molecule has 0 aliphatic heterocycles. The Morgan fingerprint density at radius 3 is 1.79 bits per heavy atom. The highest BCUT2D eigenvalue weighted by Crippen LogP contribution is 2.51. The summed E-state index contributed by atoms with van der Waals surface area (Å²) in [5.74, 6) is -13.0. The zero-order chi connectivity index (χ0) is 30.8. The number of alkyl halides is 2. The van der Waals surface area contributed by atoms with Gasteiger partial charge in [-0.3, -0.25) is 0 Å². The Morgan fingerprint density at radius 1 is 0.674 bits per heavy atom. The standard InChI is InChI=1S/C32H18F10O/c33-21-13-19(1-2-20(21)16-7-26(38)30(40)27(39)8-16)43-32(41,42)29-24(36)9-17(10-25(29)37)28-22(34)11-18(12-23(28)35)31-5-3-15(14-31)4-6-31/h1-3,5,7-13,15H,4,6,14H2/t15?,31-/m0/s1. The van der Waals surface area contributed by atoms with Crippen LogP contribution in [0.2, 0.25) is 0 Å². The second-order valence-electron chi connectivity index (χ2n) is 10.7. The Morgan fingerprint density at radius 2 is 1.28 bits per heavy atom. The van der Waals surface area contributed by atoms with E-state index in [1.165, 1.54) is 0 Å². The van der Waals surface area contributed by atoms with Crippen molar-refractivity contribution in [1.82, 2.24) is 0 Å². The number of allylic oxidation sites excluding steroid dienone is 2. The number of rotatable bonds is 6. The molecule has 4 aromatic rings. The fourth-order valence-electron chi connectivity index (χ4n) is 5.94. The molecule has 1 unspecified atom stereocenters. The van der Waals surface area contributed by atoms with E-state index >= 15 is 8.78 Å². The summed E-state index contributed by atoms with van der Waals surface area (Å²) in [6.07, 6.45) is 1.37. The van der Waals surface area contributed by atoms with Crippen LogP contribution in [-0.2, 0) is 11.5 Å². The number of hydrogen-bond donors (Lipinski definition) is 0. The van der Waals surface area contributed by atoms with E-state index in [4.69, 9.17) is 0 Å². The first kappa shape index (κ1) is 28.8. The highest BCUT2D eigenvalue weighted by molar-refractivity contribution is 5.67. The lowest BCUT2D eigenvalue weighted by molar-refractivity contribution is -0.189. The Bertz CT molecular complexity index is 1750. The van der Waals surface area contributed by atoms with Crippen molar-refractivity contribution in [2.45, 2.75) is 30.8 Å². The Hall–Kier alpha value is -4.28. The molecule has 0 saturated heterocycles. The first-order chi connectivity index (χ1) is 20.3. The predicted octanol–water partition coefficient (Wildman–Crippen LogP) is 9.87. The van der Waals surface area contributed by atoms with Crippen LogP contribution in [0.4, 0.5) is 43.9 Å². The van der Waals surface area contributed by atoms with E-state index in [-0.39, 0.29) is 0 Å². The minimum Gasteiger partial charge on any atom is -0.429 e. The van der Waals surface area contributed by atoms with Crippen LogP contribution in [0.15, 0.2) is 66.7 Å². The highest BCUT2D eigenvalue weighted by Gasteiger charge is 2.43. The van der Waals surface area contributed by atoms with Crippen LogP contribution in [0.3, 0.4) is 0 Å². The Labute approximate surface area is 238 Å². The molecular weight excluding hydrogens is 590 g/mol. The van der Waals surface area contributed by atoms with E-state index in [0.717, 1.165) is 30.7 Å². The molecule has 2 atom stereocenters. The molecule has 0 aromatic heterocycles. The fraction of sp³-hybridized carbons (Fsp3) is 0.188. The van der Waals surface area contributed by atoms with Crippen molar-refractivity contribution in [3.63, 3.8) is 0 Å². The van der Waals surface area contributed by atoms with Crippen LogP contribution in [0.1, 0.15) is 30.4 Å². The summed E-state index contributed by atoms with van der Waals surface area (Å²) in [6.45, 7) is 0. The molecule has 4 aromatic carbocycles. The summed E-state index contributed by atoms with van der Waals surface area (Å²) >= 11 is 0. The van der Waals surface area contributed by atoms with Crippen molar-refractivity contribution in [1.29, 1.82) is 0 Å². The van der Waals surface area contributed by atoms with Gasteiger partial charge in [0, 0.05) is 17.0 Å². The maximum absolute atomic E-state index is 15.1. The van der Waals surface area contributed by atoms with Gasteiger partial charge in [0.2, 0.25) is 0 Å². The van der Waals surface area contributed by atoms with Crippen LogP contribution in [-0.4, -0.2) is 0 Å². The summed E-state index contributed by atoms with van der Waals surface area (Å²) in [7, 11) is 0. The Balaban J connectivity index is 1.29. The monoisotopic (exact) mass is 608 g/mol. The zero-order valence-electron chi connectivity index (χ0n) is 21.7. The van der Waals surface area contributed by atoms with E-state index in [0.29, 0.717) is 54.7 Å². The predicted molar refractivity (Wildman–Crippen MR) is 136 cm³/mol. The number of fused-ring (bicyclic) bond motifs is 2. The topological polar surface area (TPSA) is 9.23 Å². The maximum Gasteiger partial charge on any atom is 0.432 e. The third-order valence-electron chi connectivity index (χ3n) is 8.00. The van der Waals surface area contributed by atoms with Gasteiger partial charge in [-0.1, -0.05) is 12.2 Å². The van der Waals surface area contributed by atoms with Gasteiger partial charge in [0.1, 0.15) is 40.4 Å². The summed E-state index contributed by atoms with van der Waals surface area (Å²) < 4.78 is 149. The number of hydrogen-bond acceptors (Lipinski definition) is 1. The van der Waals surface area contributed by atoms with Crippen molar-refractivity contribution in [2.24, 2.45) is 5.92 Å². The van der Waals surface area contributed by atoms with Crippen LogP contribution in [0.5, 0.6) is 5.75 Å². The molecule has 0 amide bonds. The van der Waals surface area contributed by atoms with E-state index in [2.05, 4.69) is 4.74 Å². The summed E-state index contributed by atoms with van der Waals surface area (Å²) in [4.78, 5) is 0. The normalized spacial score (nSPS) is 19.3. The van der Waals surface area contributed by atoms with Crippen molar-refractivity contribution in [2.75, 3.05) is 0 Å². The third kappa shape index (κ3) is 4.94. The molecule has 1 fully saturated rings. The SMILES string of the molecule is Fc1cc(OC(F)(F)c2c(F)cc(-c3c(F)cc([C@@]45C=CC(CC4)C5)cc3F)cc2F)ccc1-c1cc(F)c(F)c(F)c1. The van der Waals surface area contributed by atoms with Crippen LogP contribution < -0.4 is 4.74 Å². The fourth-order valence-corrected chi connectivity index (χ4v) is 5.94. The zero-order valence-corrected chi connectivity index (χ0v) is 21.7. The van der Waals surface area contributed by atoms with E-state index in [9.17, 15) is 35.1 Å². The Kier molecular flexibility index (Phi) is 6.82. The molecule has 0 heterocycles. The lowest BCUT2D eigenvalue weighted by Crippen LogP contribution is -2.25. The minimum atomic E-state index is -4.75. The average molecular weight is 608 g/mol. The van der Waals surface area contributed by atoms with E-state index in [1.54, 1.807) is 0 Å². The van der Waals surface area contributed by atoms with Crippen LogP contribution in [0, 0.1) is 52.5 Å². The van der Waals surface area contributed by atoms with Crippen LogP contribution in [0.25, 0.3) is 22.3 Å². The molecule has 2 aliphatic rings. The molecule has 0 spiro atoms. The molecular formula is C32H18F10O. The molecule has 11 heteroatoms. The van der Waals surface area contributed by atoms with Crippen molar-refractivity contribution < 1.29 is 48.6 Å². The molecule has 222 valence electrons. The van der Waals surface area contributed by atoms with Gasteiger partial charge in [0.15, 0.2) is 17.5 Å². The number of ether oxygens (including phenoxy) is 1. The van der Waals surface area contributed by atoms with Gasteiger partial charge in [0.25, 0.3) is 0 Å². The summed E-state index contributed by atoms with van der Waals surface area (Å²) in [5, 5.41) is 0. The molecule has 43 heavy (non-hydrogen) atoms. The largest absolute Gasteiger partial charge is 0.432 e. The van der Waals surface area contributed by atoms with Crippen molar-refractivity contribution in [3.8, 4) is 28.0 Å². The van der Waals surface area contributed by atoms with Gasteiger partial charge in [-0.15, -0.1) is 0 Å².